The van der Waals surface area contributed by atoms with E-state index in [1.807, 2.05) is 24.5 Å². The van der Waals surface area contributed by atoms with E-state index in [0.717, 1.165) is 23.5 Å². The minimum atomic E-state index is 0.989. The summed E-state index contributed by atoms with van der Waals surface area (Å²) >= 11 is 0. The standard InChI is InChI=1S/C12H14N2/c1-10-6-3-2-4-8-13-11-7-5-9-14-12(10)11/h4-5,7-9H,2-3,6H2,1H3/b8-4-,12-10+,13-11+. The lowest BCUT2D eigenvalue weighted by Gasteiger charge is -1.97. The Labute approximate surface area is 83.7 Å². The molecule has 0 atom stereocenters. The van der Waals surface area contributed by atoms with Crippen LogP contribution in [-0.4, -0.2) is 4.98 Å². The number of pyridine rings is 1. The summed E-state index contributed by atoms with van der Waals surface area (Å²) in [6.45, 7) is 2.15. The summed E-state index contributed by atoms with van der Waals surface area (Å²) in [6, 6.07) is 3.95. The van der Waals surface area contributed by atoms with E-state index in [1.165, 1.54) is 12.0 Å². The second kappa shape index (κ2) is 4.18. The Balaban J connectivity index is 2.71. The average molecular weight is 186 g/mol. The van der Waals surface area contributed by atoms with Gasteiger partial charge in [0.15, 0.2) is 0 Å². The zero-order chi connectivity index (χ0) is 9.80. The molecule has 2 heterocycles. The van der Waals surface area contributed by atoms with Gasteiger partial charge < -0.3 is 0 Å². The van der Waals surface area contributed by atoms with Crippen molar-refractivity contribution >= 4 is 5.57 Å². The maximum absolute atomic E-state index is 4.39. The third-order valence-corrected chi connectivity index (χ3v) is 2.43. The first-order valence-corrected chi connectivity index (χ1v) is 5.01. The van der Waals surface area contributed by atoms with Crippen LogP contribution in [-0.2, 0) is 0 Å². The van der Waals surface area contributed by atoms with Crippen LogP contribution in [0.15, 0.2) is 35.6 Å². The zero-order valence-corrected chi connectivity index (χ0v) is 8.40. The van der Waals surface area contributed by atoms with Crippen molar-refractivity contribution in [1.82, 2.24) is 4.98 Å². The highest BCUT2D eigenvalue weighted by Gasteiger charge is 1.96. The van der Waals surface area contributed by atoms with Crippen molar-refractivity contribution in [3.8, 4) is 0 Å². The third-order valence-electron chi connectivity index (χ3n) is 2.43. The van der Waals surface area contributed by atoms with Crippen molar-refractivity contribution < 1.29 is 0 Å². The van der Waals surface area contributed by atoms with Crippen LogP contribution < -0.4 is 10.7 Å². The van der Waals surface area contributed by atoms with E-state index >= 15 is 0 Å². The van der Waals surface area contributed by atoms with Crippen LogP contribution in [0.5, 0.6) is 0 Å². The molecule has 1 aromatic heterocycles. The first kappa shape index (κ1) is 9.13. The molecular weight excluding hydrogens is 172 g/mol. The van der Waals surface area contributed by atoms with E-state index < -0.39 is 0 Å². The normalized spacial score (nSPS) is 24.8. The fourth-order valence-corrected chi connectivity index (χ4v) is 1.64. The Morgan fingerprint density at radius 1 is 1.36 bits per heavy atom. The van der Waals surface area contributed by atoms with Gasteiger partial charge in [0.05, 0.1) is 10.7 Å². The molecule has 72 valence electrons. The molecule has 0 aliphatic carbocycles. The Morgan fingerprint density at radius 3 is 3.21 bits per heavy atom. The molecule has 0 N–H and O–H groups in total. The second-order valence-corrected chi connectivity index (χ2v) is 3.56. The number of fused-ring (bicyclic) bond motifs is 1. The van der Waals surface area contributed by atoms with Crippen LogP contribution in [0, 0.1) is 0 Å². The van der Waals surface area contributed by atoms with Crippen molar-refractivity contribution in [2.75, 3.05) is 0 Å². The smallest absolute Gasteiger partial charge is 0.0885 e. The summed E-state index contributed by atoms with van der Waals surface area (Å²) in [5.41, 5.74) is 1.34. The lowest BCUT2D eigenvalue weighted by atomic mass is 10.1. The molecule has 0 bridgehead atoms. The van der Waals surface area contributed by atoms with Crippen LogP contribution in [0.25, 0.3) is 5.57 Å². The number of nitrogens with zero attached hydrogens (tertiary/aromatic N) is 2. The predicted molar refractivity (Wildman–Crippen MR) is 57.1 cm³/mol. The Bertz CT molecular complexity index is 457. The minimum absolute atomic E-state index is 0.989. The lowest BCUT2D eigenvalue weighted by Crippen LogP contribution is -2.29. The highest BCUT2D eigenvalue weighted by molar-refractivity contribution is 5.38. The van der Waals surface area contributed by atoms with Gasteiger partial charge in [-0.15, -0.1) is 0 Å². The fourth-order valence-electron chi connectivity index (χ4n) is 1.64. The molecule has 0 radical (unpaired) electrons. The highest BCUT2D eigenvalue weighted by atomic mass is 14.7. The molecule has 0 spiro atoms. The van der Waals surface area contributed by atoms with Gasteiger partial charge in [0.1, 0.15) is 0 Å². The number of hydrogen-bond acceptors (Lipinski definition) is 2. The maximum atomic E-state index is 4.39. The first-order valence-electron chi connectivity index (χ1n) is 5.01. The Kier molecular flexibility index (Phi) is 2.73. The van der Waals surface area contributed by atoms with Gasteiger partial charge in [0.25, 0.3) is 0 Å². The average Bonchev–Trinajstić information content (AvgIpc) is 2.30. The molecule has 14 heavy (non-hydrogen) atoms. The largest absolute Gasteiger partial charge is 0.255 e. The van der Waals surface area contributed by atoms with Crippen LogP contribution in [0.4, 0.5) is 0 Å². The molecule has 2 nitrogen and oxygen atoms in total. The van der Waals surface area contributed by atoms with E-state index in [1.54, 1.807) is 0 Å². The van der Waals surface area contributed by atoms with Crippen molar-refractivity contribution in [2.24, 2.45) is 4.99 Å². The molecule has 1 aromatic rings. The summed E-state index contributed by atoms with van der Waals surface area (Å²) in [6.07, 6.45) is 9.25. The summed E-state index contributed by atoms with van der Waals surface area (Å²) < 4.78 is 0. The quantitative estimate of drug-likeness (QED) is 0.603. The first-order chi connectivity index (χ1) is 6.88. The molecule has 2 rings (SSSR count). The number of rotatable bonds is 0. The van der Waals surface area contributed by atoms with Gasteiger partial charge in [0.2, 0.25) is 0 Å². The number of allylic oxidation sites excluding steroid dienone is 1. The fraction of sp³-hybridized carbons (Fsp3) is 0.333. The van der Waals surface area contributed by atoms with Crippen molar-refractivity contribution in [2.45, 2.75) is 26.2 Å². The summed E-state index contributed by atoms with van der Waals surface area (Å²) in [5, 5.41) is 2.04. The number of aromatic nitrogens is 1. The summed E-state index contributed by atoms with van der Waals surface area (Å²) in [5.74, 6) is 0. The molecule has 0 amide bonds. The third kappa shape index (κ3) is 1.90. The van der Waals surface area contributed by atoms with Crippen molar-refractivity contribution in [3.63, 3.8) is 0 Å². The lowest BCUT2D eigenvalue weighted by molar-refractivity contribution is 0.869. The monoisotopic (exact) mass is 186 g/mol. The maximum Gasteiger partial charge on any atom is 0.0885 e. The Hall–Kier alpha value is -1.44. The molecule has 0 unspecified atom stereocenters. The molecule has 2 heteroatoms. The van der Waals surface area contributed by atoms with Gasteiger partial charge in [-0.3, -0.25) is 9.98 Å². The highest BCUT2D eigenvalue weighted by Crippen LogP contribution is 2.06. The van der Waals surface area contributed by atoms with Crippen LogP contribution in [0.2, 0.25) is 0 Å². The van der Waals surface area contributed by atoms with Crippen LogP contribution in [0.1, 0.15) is 26.2 Å². The molecular formula is C12H14N2. The van der Waals surface area contributed by atoms with Crippen LogP contribution in [0.3, 0.4) is 0 Å². The van der Waals surface area contributed by atoms with Gasteiger partial charge in [-0.2, -0.15) is 0 Å². The van der Waals surface area contributed by atoms with Gasteiger partial charge in [-0.05, 0) is 43.9 Å². The van der Waals surface area contributed by atoms with Gasteiger partial charge >= 0.3 is 0 Å². The summed E-state index contributed by atoms with van der Waals surface area (Å²) in [4.78, 5) is 8.77. The summed E-state index contributed by atoms with van der Waals surface area (Å²) in [7, 11) is 0. The second-order valence-electron chi connectivity index (χ2n) is 3.56. The van der Waals surface area contributed by atoms with Crippen molar-refractivity contribution in [3.05, 3.63) is 41.3 Å². The molecule has 0 saturated carbocycles. The number of hydrogen-bond donors (Lipinski definition) is 0. The predicted octanol–water partition coefficient (Wildman–Crippen LogP) is 1.57. The molecule has 1 aliphatic heterocycles. The van der Waals surface area contributed by atoms with Crippen LogP contribution >= 0.6 is 0 Å². The SMILES string of the molecule is C\C1=c2/nccc/c2=N\C=C/CCC1. The molecule has 0 aromatic carbocycles. The molecule has 0 saturated heterocycles. The van der Waals surface area contributed by atoms with Gasteiger partial charge in [0, 0.05) is 12.4 Å². The van der Waals surface area contributed by atoms with E-state index in [-0.39, 0.29) is 0 Å². The van der Waals surface area contributed by atoms with E-state index in [2.05, 4.69) is 23.0 Å². The van der Waals surface area contributed by atoms with E-state index in [0.29, 0.717) is 0 Å². The Morgan fingerprint density at radius 2 is 2.29 bits per heavy atom. The molecule has 1 aliphatic rings. The van der Waals surface area contributed by atoms with Gasteiger partial charge in [-0.1, -0.05) is 6.08 Å². The van der Waals surface area contributed by atoms with Crippen molar-refractivity contribution in [1.29, 1.82) is 0 Å². The van der Waals surface area contributed by atoms with E-state index in [9.17, 15) is 0 Å². The van der Waals surface area contributed by atoms with E-state index in [4.69, 9.17) is 0 Å². The minimum Gasteiger partial charge on any atom is -0.255 e. The topological polar surface area (TPSA) is 25.2 Å². The zero-order valence-electron chi connectivity index (χ0n) is 8.40. The van der Waals surface area contributed by atoms with Gasteiger partial charge in [-0.25, -0.2) is 0 Å². The molecule has 0 fully saturated rings.